The summed E-state index contributed by atoms with van der Waals surface area (Å²) in [4.78, 5) is 1.03. The second-order valence-electron chi connectivity index (χ2n) is 4.70. The summed E-state index contributed by atoms with van der Waals surface area (Å²) in [6.07, 6.45) is 0.993. The zero-order chi connectivity index (χ0) is 14.3. The molecule has 3 aromatic heterocycles. The molecular formula is C14H15BrN2OS2. The third kappa shape index (κ3) is 2.45. The molecule has 1 unspecified atom stereocenters. The van der Waals surface area contributed by atoms with Crippen molar-refractivity contribution < 1.29 is 5.11 Å². The molecule has 0 bridgehead atoms. The molecule has 0 amide bonds. The van der Waals surface area contributed by atoms with Gasteiger partial charge in [0.2, 0.25) is 0 Å². The standard InChI is InChI=1S/C14H15BrN2OS2/c1-3-8-14(15)9(17(2)16-8)6-10(18)12-7-13-11(20-12)4-5-19-13/h4-5,7,10,18H,3,6H2,1-2H3. The number of hydrogen-bond acceptors (Lipinski definition) is 4. The zero-order valence-corrected chi connectivity index (χ0v) is 14.5. The van der Waals surface area contributed by atoms with Gasteiger partial charge in [-0.05, 0) is 39.9 Å². The lowest BCUT2D eigenvalue weighted by molar-refractivity contribution is 0.179. The molecule has 0 fully saturated rings. The number of aryl methyl sites for hydroxylation is 2. The molecule has 0 saturated carbocycles. The fourth-order valence-corrected chi connectivity index (χ4v) is 5.16. The van der Waals surface area contributed by atoms with E-state index in [1.165, 1.54) is 9.40 Å². The van der Waals surface area contributed by atoms with Crippen molar-refractivity contribution in [2.24, 2.45) is 7.05 Å². The summed E-state index contributed by atoms with van der Waals surface area (Å²) in [5.74, 6) is 0. The summed E-state index contributed by atoms with van der Waals surface area (Å²) in [6.45, 7) is 2.08. The van der Waals surface area contributed by atoms with Gasteiger partial charge in [0.1, 0.15) is 0 Å². The van der Waals surface area contributed by atoms with Crippen molar-refractivity contribution in [2.45, 2.75) is 25.9 Å². The van der Waals surface area contributed by atoms with Crippen molar-refractivity contribution >= 4 is 48.0 Å². The van der Waals surface area contributed by atoms with Crippen LogP contribution in [0, 0.1) is 0 Å². The van der Waals surface area contributed by atoms with Crippen molar-refractivity contribution in [1.29, 1.82) is 0 Å². The monoisotopic (exact) mass is 370 g/mol. The normalized spacial score (nSPS) is 13.2. The van der Waals surface area contributed by atoms with E-state index in [1.54, 1.807) is 22.7 Å². The number of fused-ring (bicyclic) bond motifs is 1. The highest BCUT2D eigenvalue weighted by atomic mass is 79.9. The topological polar surface area (TPSA) is 38.0 Å². The Hall–Kier alpha value is -0.690. The van der Waals surface area contributed by atoms with E-state index >= 15 is 0 Å². The molecule has 1 N–H and O–H groups in total. The van der Waals surface area contributed by atoms with Crippen molar-refractivity contribution in [3.8, 4) is 0 Å². The zero-order valence-electron chi connectivity index (χ0n) is 11.3. The lowest BCUT2D eigenvalue weighted by Gasteiger charge is -2.09. The van der Waals surface area contributed by atoms with Crippen LogP contribution in [0.4, 0.5) is 0 Å². The van der Waals surface area contributed by atoms with Gasteiger partial charge in [-0.25, -0.2) is 0 Å². The molecule has 20 heavy (non-hydrogen) atoms. The number of aliphatic hydroxyl groups excluding tert-OH is 1. The van der Waals surface area contributed by atoms with Crippen LogP contribution in [0.5, 0.6) is 0 Å². The number of aromatic nitrogens is 2. The summed E-state index contributed by atoms with van der Waals surface area (Å²) < 4.78 is 5.40. The first-order valence-corrected chi connectivity index (χ1v) is 8.94. The maximum absolute atomic E-state index is 10.5. The summed E-state index contributed by atoms with van der Waals surface area (Å²) in [6, 6.07) is 4.20. The van der Waals surface area contributed by atoms with Gasteiger partial charge in [-0.3, -0.25) is 4.68 Å². The van der Waals surface area contributed by atoms with Gasteiger partial charge in [-0.1, -0.05) is 6.92 Å². The maximum atomic E-state index is 10.5. The van der Waals surface area contributed by atoms with Crippen LogP contribution in [-0.2, 0) is 19.9 Å². The van der Waals surface area contributed by atoms with Crippen LogP contribution in [0.1, 0.15) is 29.3 Å². The van der Waals surface area contributed by atoms with Crippen LogP contribution in [0.3, 0.4) is 0 Å². The maximum Gasteiger partial charge on any atom is 0.0938 e. The Bertz CT molecular complexity index is 715. The van der Waals surface area contributed by atoms with Gasteiger partial charge in [0.05, 0.1) is 22.0 Å². The molecule has 0 aliphatic carbocycles. The fourth-order valence-electron chi connectivity index (χ4n) is 2.27. The summed E-state index contributed by atoms with van der Waals surface area (Å²) in [7, 11) is 1.93. The molecule has 1 atom stereocenters. The second kappa shape index (κ2) is 5.60. The first-order valence-electron chi connectivity index (χ1n) is 6.45. The number of hydrogen-bond donors (Lipinski definition) is 1. The number of aliphatic hydroxyl groups is 1. The van der Waals surface area contributed by atoms with Gasteiger partial charge in [0, 0.05) is 27.7 Å². The van der Waals surface area contributed by atoms with Crippen LogP contribution in [-0.4, -0.2) is 14.9 Å². The molecule has 0 aliphatic rings. The van der Waals surface area contributed by atoms with Gasteiger partial charge in [-0.15, -0.1) is 22.7 Å². The smallest absolute Gasteiger partial charge is 0.0938 e. The number of nitrogens with zero attached hydrogens (tertiary/aromatic N) is 2. The second-order valence-corrected chi connectivity index (χ2v) is 7.56. The first kappa shape index (κ1) is 14.3. The molecule has 0 spiro atoms. The lowest BCUT2D eigenvalue weighted by Crippen LogP contribution is -2.05. The number of halogens is 1. The Morgan fingerprint density at radius 2 is 2.25 bits per heavy atom. The molecule has 3 aromatic rings. The minimum Gasteiger partial charge on any atom is -0.387 e. The molecule has 0 aromatic carbocycles. The molecule has 3 rings (SSSR count). The lowest BCUT2D eigenvalue weighted by atomic mass is 10.1. The number of thiophene rings is 2. The van der Waals surface area contributed by atoms with Crippen LogP contribution >= 0.6 is 38.6 Å². The minimum atomic E-state index is -0.476. The van der Waals surface area contributed by atoms with E-state index < -0.39 is 6.10 Å². The van der Waals surface area contributed by atoms with Gasteiger partial charge >= 0.3 is 0 Å². The fraction of sp³-hybridized carbons (Fsp3) is 0.357. The highest BCUT2D eigenvalue weighted by Gasteiger charge is 2.19. The predicted octanol–water partition coefficient (Wildman–Crippen LogP) is 4.30. The first-order chi connectivity index (χ1) is 9.60. The van der Waals surface area contributed by atoms with Crippen molar-refractivity contribution in [1.82, 2.24) is 9.78 Å². The van der Waals surface area contributed by atoms with Gasteiger partial charge in [0.15, 0.2) is 0 Å². The van der Waals surface area contributed by atoms with Crippen LogP contribution in [0.25, 0.3) is 9.40 Å². The van der Waals surface area contributed by atoms with E-state index in [0.29, 0.717) is 6.42 Å². The quantitative estimate of drug-likeness (QED) is 0.743. The Morgan fingerprint density at radius 3 is 2.90 bits per heavy atom. The van der Waals surface area contributed by atoms with Crippen molar-refractivity contribution in [3.63, 3.8) is 0 Å². The molecule has 6 heteroatoms. The average molecular weight is 371 g/mol. The van der Waals surface area contributed by atoms with Gasteiger partial charge in [0.25, 0.3) is 0 Å². The minimum absolute atomic E-state index is 0.476. The van der Waals surface area contributed by atoms with Crippen molar-refractivity contribution in [2.75, 3.05) is 0 Å². The Kier molecular flexibility index (Phi) is 3.99. The third-order valence-corrected chi connectivity index (χ3v) is 6.49. The third-order valence-electron chi connectivity index (χ3n) is 3.38. The molecule has 0 aliphatic heterocycles. The summed E-state index contributed by atoms with van der Waals surface area (Å²) in [5, 5.41) is 17.0. The Labute approximate surface area is 134 Å². The van der Waals surface area contributed by atoms with Crippen molar-refractivity contribution in [3.05, 3.63) is 38.3 Å². The largest absolute Gasteiger partial charge is 0.387 e. The Morgan fingerprint density at radius 1 is 1.45 bits per heavy atom. The van der Waals surface area contributed by atoms with E-state index in [9.17, 15) is 5.11 Å². The molecule has 0 saturated heterocycles. The molecule has 3 heterocycles. The SMILES string of the molecule is CCc1nn(C)c(CC(O)c2cc3sccc3s2)c1Br. The van der Waals surface area contributed by atoms with E-state index in [0.717, 1.165) is 27.2 Å². The highest BCUT2D eigenvalue weighted by molar-refractivity contribution is 9.10. The van der Waals surface area contributed by atoms with Gasteiger partial charge < -0.3 is 5.11 Å². The molecular weight excluding hydrogens is 356 g/mol. The number of rotatable bonds is 4. The predicted molar refractivity (Wildman–Crippen MR) is 88.7 cm³/mol. The van der Waals surface area contributed by atoms with Crippen LogP contribution < -0.4 is 0 Å². The van der Waals surface area contributed by atoms with Gasteiger partial charge in [-0.2, -0.15) is 5.10 Å². The van der Waals surface area contributed by atoms with E-state index in [2.05, 4.69) is 45.5 Å². The van der Waals surface area contributed by atoms with E-state index in [-0.39, 0.29) is 0 Å². The Balaban J connectivity index is 1.87. The summed E-state index contributed by atoms with van der Waals surface area (Å²) >= 11 is 6.99. The van der Waals surface area contributed by atoms with E-state index in [4.69, 9.17) is 0 Å². The van der Waals surface area contributed by atoms with Crippen LogP contribution in [0.2, 0.25) is 0 Å². The average Bonchev–Trinajstić information content (AvgIpc) is 3.07. The summed E-state index contributed by atoms with van der Waals surface area (Å²) in [5.41, 5.74) is 2.09. The molecule has 0 radical (unpaired) electrons. The molecule has 106 valence electrons. The highest BCUT2D eigenvalue weighted by Crippen LogP contribution is 2.35. The van der Waals surface area contributed by atoms with Crippen LogP contribution in [0.15, 0.2) is 22.0 Å². The van der Waals surface area contributed by atoms with E-state index in [1.807, 2.05) is 11.7 Å². The molecule has 3 nitrogen and oxygen atoms in total.